The molecular formula is C12H14N2O4S2. The molecule has 3 N–H and O–H groups in total. The molecule has 2 aromatic rings. The fraction of sp³-hybridized carbons (Fsp3) is 0.250. The molecule has 0 radical (unpaired) electrons. The third-order valence-electron chi connectivity index (χ3n) is 2.82. The van der Waals surface area contributed by atoms with Crippen LogP contribution in [-0.2, 0) is 23.2 Å². The standard InChI is InChI=1S/C12H14N2O4S2/c1-8-2-3-11(4-9(8)6-15)20(17,18)13-5-10-7-19-12(16)14-10/h2-4,7,13,15H,5-6H2,1H3,(H,14,16). The van der Waals surface area contributed by atoms with E-state index in [1.165, 1.54) is 12.1 Å². The Balaban J connectivity index is 2.19. The normalized spacial score (nSPS) is 11.7. The number of aromatic nitrogens is 1. The predicted molar refractivity (Wildman–Crippen MR) is 76.1 cm³/mol. The van der Waals surface area contributed by atoms with E-state index in [9.17, 15) is 13.2 Å². The van der Waals surface area contributed by atoms with Gasteiger partial charge in [-0.1, -0.05) is 17.4 Å². The Kier molecular flexibility index (Phi) is 4.39. The van der Waals surface area contributed by atoms with E-state index in [4.69, 9.17) is 5.11 Å². The van der Waals surface area contributed by atoms with Gasteiger partial charge in [-0.15, -0.1) is 0 Å². The van der Waals surface area contributed by atoms with Gasteiger partial charge >= 0.3 is 4.87 Å². The minimum Gasteiger partial charge on any atom is -0.392 e. The number of nitrogens with one attached hydrogen (secondary N) is 2. The Bertz CT molecular complexity index is 762. The number of rotatable bonds is 5. The number of aryl methyl sites for hydroxylation is 1. The summed E-state index contributed by atoms with van der Waals surface area (Å²) in [6.07, 6.45) is 0. The zero-order chi connectivity index (χ0) is 14.8. The van der Waals surface area contributed by atoms with Gasteiger partial charge in [0.1, 0.15) is 0 Å². The Morgan fingerprint density at radius 3 is 2.75 bits per heavy atom. The van der Waals surface area contributed by atoms with Crippen LogP contribution in [0.1, 0.15) is 16.8 Å². The smallest absolute Gasteiger partial charge is 0.304 e. The van der Waals surface area contributed by atoms with E-state index in [0.717, 1.165) is 16.9 Å². The molecule has 0 saturated carbocycles. The monoisotopic (exact) mass is 314 g/mol. The van der Waals surface area contributed by atoms with E-state index in [-0.39, 0.29) is 22.9 Å². The van der Waals surface area contributed by atoms with Crippen molar-refractivity contribution < 1.29 is 13.5 Å². The molecule has 8 heteroatoms. The highest BCUT2D eigenvalue weighted by atomic mass is 32.2. The zero-order valence-electron chi connectivity index (χ0n) is 10.7. The number of aliphatic hydroxyl groups excluding tert-OH is 1. The second-order valence-corrected chi connectivity index (χ2v) is 6.85. The first kappa shape index (κ1) is 14.9. The second-order valence-electron chi connectivity index (χ2n) is 4.24. The highest BCUT2D eigenvalue weighted by Crippen LogP contribution is 2.15. The molecule has 0 saturated heterocycles. The second kappa shape index (κ2) is 5.88. The molecule has 0 spiro atoms. The lowest BCUT2D eigenvalue weighted by molar-refractivity contribution is 0.280. The van der Waals surface area contributed by atoms with Gasteiger partial charge < -0.3 is 10.1 Å². The summed E-state index contributed by atoms with van der Waals surface area (Å²) in [5.41, 5.74) is 1.91. The molecule has 0 unspecified atom stereocenters. The molecule has 1 aromatic heterocycles. The Labute approximate surface area is 120 Å². The lowest BCUT2D eigenvalue weighted by Crippen LogP contribution is -2.24. The fourth-order valence-electron chi connectivity index (χ4n) is 1.64. The largest absolute Gasteiger partial charge is 0.392 e. The maximum absolute atomic E-state index is 12.1. The summed E-state index contributed by atoms with van der Waals surface area (Å²) in [5.74, 6) is 0. The number of thiazole rings is 1. The van der Waals surface area contributed by atoms with Gasteiger partial charge in [-0.05, 0) is 30.2 Å². The van der Waals surface area contributed by atoms with Crippen molar-refractivity contribution in [2.75, 3.05) is 0 Å². The molecule has 6 nitrogen and oxygen atoms in total. The minimum absolute atomic E-state index is 0.0173. The number of aromatic amines is 1. The van der Waals surface area contributed by atoms with Crippen molar-refractivity contribution >= 4 is 21.4 Å². The lowest BCUT2D eigenvalue weighted by atomic mass is 10.1. The highest BCUT2D eigenvalue weighted by Gasteiger charge is 2.15. The maximum atomic E-state index is 12.1. The van der Waals surface area contributed by atoms with Crippen molar-refractivity contribution in [1.29, 1.82) is 0 Å². The van der Waals surface area contributed by atoms with Crippen molar-refractivity contribution in [2.45, 2.75) is 25.0 Å². The summed E-state index contributed by atoms with van der Waals surface area (Å²) >= 11 is 0.980. The molecule has 0 aliphatic rings. The van der Waals surface area contributed by atoms with E-state index in [1.807, 2.05) is 0 Å². The molecule has 0 aliphatic heterocycles. The molecular weight excluding hydrogens is 300 g/mol. The van der Waals surface area contributed by atoms with E-state index in [0.29, 0.717) is 11.3 Å². The molecule has 2 rings (SSSR count). The van der Waals surface area contributed by atoms with E-state index >= 15 is 0 Å². The Morgan fingerprint density at radius 1 is 1.40 bits per heavy atom. The van der Waals surface area contributed by atoms with Gasteiger partial charge in [0.05, 0.1) is 18.0 Å². The van der Waals surface area contributed by atoms with Gasteiger partial charge in [0.2, 0.25) is 10.0 Å². The van der Waals surface area contributed by atoms with Gasteiger partial charge in [0.25, 0.3) is 0 Å². The number of hydrogen-bond donors (Lipinski definition) is 3. The first-order chi connectivity index (χ1) is 9.42. The van der Waals surface area contributed by atoms with Crippen molar-refractivity contribution in [3.05, 3.63) is 50.1 Å². The van der Waals surface area contributed by atoms with Gasteiger partial charge in [0.15, 0.2) is 0 Å². The van der Waals surface area contributed by atoms with E-state index in [2.05, 4.69) is 9.71 Å². The van der Waals surface area contributed by atoms with Crippen LogP contribution in [0, 0.1) is 6.92 Å². The maximum Gasteiger partial charge on any atom is 0.304 e. The number of hydrogen-bond acceptors (Lipinski definition) is 5. The van der Waals surface area contributed by atoms with Crippen LogP contribution in [0.5, 0.6) is 0 Å². The number of sulfonamides is 1. The molecule has 0 fully saturated rings. The van der Waals surface area contributed by atoms with Gasteiger partial charge in [-0.2, -0.15) is 0 Å². The minimum atomic E-state index is -3.68. The van der Waals surface area contributed by atoms with Crippen LogP contribution in [0.15, 0.2) is 33.3 Å². The third-order valence-corrected chi connectivity index (χ3v) is 4.94. The molecule has 0 aliphatic carbocycles. The van der Waals surface area contributed by atoms with Crippen LogP contribution < -0.4 is 9.60 Å². The average molecular weight is 314 g/mol. The van der Waals surface area contributed by atoms with Crippen LogP contribution in [0.4, 0.5) is 0 Å². The first-order valence-corrected chi connectivity index (χ1v) is 8.15. The summed E-state index contributed by atoms with van der Waals surface area (Å²) < 4.78 is 26.6. The van der Waals surface area contributed by atoms with E-state index in [1.54, 1.807) is 18.4 Å². The van der Waals surface area contributed by atoms with Crippen LogP contribution in [0.2, 0.25) is 0 Å². The van der Waals surface area contributed by atoms with Gasteiger partial charge in [-0.3, -0.25) is 4.79 Å². The molecule has 1 aromatic carbocycles. The summed E-state index contributed by atoms with van der Waals surface area (Å²) in [6, 6.07) is 4.56. The van der Waals surface area contributed by atoms with E-state index < -0.39 is 10.0 Å². The van der Waals surface area contributed by atoms with Crippen LogP contribution in [-0.4, -0.2) is 18.5 Å². The van der Waals surface area contributed by atoms with Crippen molar-refractivity contribution in [3.8, 4) is 0 Å². The predicted octanol–water partition coefficient (Wildman–Crippen LogP) is 0.716. The molecule has 20 heavy (non-hydrogen) atoms. The summed E-state index contributed by atoms with van der Waals surface area (Å²) in [7, 11) is -3.68. The molecule has 0 bridgehead atoms. The summed E-state index contributed by atoms with van der Waals surface area (Å²) in [4.78, 5) is 13.4. The van der Waals surface area contributed by atoms with Gasteiger partial charge in [0, 0.05) is 11.1 Å². The van der Waals surface area contributed by atoms with Gasteiger partial charge in [-0.25, -0.2) is 13.1 Å². The summed E-state index contributed by atoms with van der Waals surface area (Å²) in [6.45, 7) is 1.60. The number of aliphatic hydroxyl groups is 1. The SMILES string of the molecule is Cc1ccc(S(=O)(=O)NCc2csc(=O)[nH]2)cc1CO. The van der Waals surface area contributed by atoms with Crippen LogP contribution in [0.3, 0.4) is 0 Å². The van der Waals surface area contributed by atoms with Crippen molar-refractivity contribution in [1.82, 2.24) is 9.71 Å². The Morgan fingerprint density at radius 2 is 2.15 bits per heavy atom. The fourth-order valence-corrected chi connectivity index (χ4v) is 3.28. The molecule has 0 amide bonds. The first-order valence-electron chi connectivity index (χ1n) is 5.79. The molecule has 0 atom stereocenters. The Hall–Kier alpha value is -1.48. The average Bonchev–Trinajstić information content (AvgIpc) is 2.83. The molecule has 108 valence electrons. The number of H-pyrrole nitrogens is 1. The highest BCUT2D eigenvalue weighted by molar-refractivity contribution is 7.89. The van der Waals surface area contributed by atoms with Crippen LogP contribution >= 0.6 is 11.3 Å². The quantitative estimate of drug-likeness (QED) is 0.757. The van der Waals surface area contributed by atoms with Crippen LogP contribution in [0.25, 0.3) is 0 Å². The zero-order valence-corrected chi connectivity index (χ0v) is 12.3. The number of benzene rings is 1. The summed E-state index contributed by atoms with van der Waals surface area (Å²) in [5, 5.41) is 10.7. The topological polar surface area (TPSA) is 99.3 Å². The molecule has 1 heterocycles. The van der Waals surface area contributed by atoms with Crippen molar-refractivity contribution in [2.24, 2.45) is 0 Å². The van der Waals surface area contributed by atoms with Crippen molar-refractivity contribution in [3.63, 3.8) is 0 Å². The lowest BCUT2D eigenvalue weighted by Gasteiger charge is -2.08. The third kappa shape index (κ3) is 3.34.